The fourth-order valence-corrected chi connectivity index (χ4v) is 11.9. The molecule has 3 aromatic carbocycles. The van der Waals surface area contributed by atoms with Crippen LogP contribution in [0.1, 0.15) is 63.6 Å². The Balaban J connectivity index is 0.830. The van der Waals surface area contributed by atoms with E-state index in [2.05, 4.69) is 75.7 Å². The highest BCUT2D eigenvalue weighted by Gasteiger charge is 2.34. The summed E-state index contributed by atoms with van der Waals surface area (Å²) in [4.78, 5) is 66.5. The first-order valence-corrected chi connectivity index (χ1v) is 27.5. The van der Waals surface area contributed by atoms with Crippen molar-refractivity contribution in [2.24, 2.45) is 0 Å². The van der Waals surface area contributed by atoms with E-state index in [1.165, 1.54) is 4.68 Å². The van der Waals surface area contributed by atoms with Crippen molar-refractivity contribution in [1.29, 1.82) is 0 Å². The van der Waals surface area contributed by atoms with Crippen LogP contribution in [0.4, 0.5) is 37.6 Å². The molecule has 0 aliphatic carbocycles. The molecule has 2 amide bonds. The molecule has 18 nitrogen and oxygen atoms in total. The zero-order valence-electron chi connectivity index (χ0n) is 40.3. The van der Waals surface area contributed by atoms with E-state index in [1.54, 1.807) is 37.9 Å². The highest BCUT2D eigenvalue weighted by molar-refractivity contribution is 9.10. The monoisotopic (exact) mass is 1060 g/mol. The number of piperazine rings is 1. The number of hydrogen-bond donors (Lipinski definition) is 3. The van der Waals surface area contributed by atoms with Gasteiger partial charge in [-0.3, -0.25) is 29.2 Å². The first-order valence-electron chi connectivity index (χ1n) is 24.1. The number of benzene rings is 3. The predicted molar refractivity (Wildman–Crippen MR) is 273 cm³/mol. The van der Waals surface area contributed by atoms with Crippen molar-refractivity contribution in [3.8, 4) is 5.75 Å². The summed E-state index contributed by atoms with van der Waals surface area (Å²) >= 11 is 3.58. The number of aryl methyl sites for hydroxylation is 2. The molecular formula is C49H57BrF2N11O7P. The third-order valence-electron chi connectivity index (χ3n) is 13.8. The molecule has 0 radical (unpaired) electrons. The van der Waals surface area contributed by atoms with Gasteiger partial charge in [-0.2, -0.15) is 10.1 Å². The molecule has 0 bridgehead atoms. The highest BCUT2D eigenvalue weighted by atomic mass is 79.9. The number of anilines is 5. The van der Waals surface area contributed by atoms with Gasteiger partial charge in [-0.15, -0.1) is 0 Å². The van der Waals surface area contributed by atoms with Crippen LogP contribution in [-0.2, 0) is 33.5 Å². The molecule has 3 fully saturated rings. The van der Waals surface area contributed by atoms with Gasteiger partial charge in [0.05, 0.1) is 39.6 Å². The van der Waals surface area contributed by atoms with Crippen molar-refractivity contribution in [1.82, 2.24) is 39.4 Å². The summed E-state index contributed by atoms with van der Waals surface area (Å²) in [6.07, 6.45) is 6.03. The largest absolute Gasteiger partial charge is 0.492 e. The van der Waals surface area contributed by atoms with Crippen LogP contribution in [0.3, 0.4) is 0 Å². The first-order chi connectivity index (χ1) is 34.1. The Bertz CT molecular complexity index is 3220. The fourth-order valence-electron chi connectivity index (χ4n) is 10.2. The maximum Gasteiger partial charge on any atom is 0.420 e. The Morgan fingerprint density at radius 3 is 2.38 bits per heavy atom. The minimum absolute atomic E-state index is 0.00440. The van der Waals surface area contributed by atoms with Gasteiger partial charge in [0.25, 0.3) is 5.56 Å². The average molecular weight is 1060 g/mol. The molecule has 3 saturated heterocycles. The number of nitrogens with one attached hydrogen (secondary N) is 3. The summed E-state index contributed by atoms with van der Waals surface area (Å²) < 4.78 is 59.3. The highest BCUT2D eigenvalue weighted by Crippen LogP contribution is 2.42. The number of amides is 2. The van der Waals surface area contributed by atoms with Gasteiger partial charge in [-0.05, 0) is 99.0 Å². The van der Waals surface area contributed by atoms with Crippen LogP contribution in [0.5, 0.6) is 5.75 Å². The Labute approximate surface area is 416 Å². The van der Waals surface area contributed by atoms with Crippen molar-refractivity contribution in [3.63, 3.8) is 0 Å². The Morgan fingerprint density at radius 1 is 0.930 bits per heavy atom. The minimum atomic E-state index is -2.93. The topological polar surface area (TPSA) is 202 Å². The molecule has 6 aromatic rings. The summed E-state index contributed by atoms with van der Waals surface area (Å²) in [5.74, 6) is -2.54. The third kappa shape index (κ3) is 10.1. The lowest BCUT2D eigenvalue weighted by molar-refractivity contribution is -0.135. The van der Waals surface area contributed by atoms with Crippen molar-refractivity contribution in [2.45, 2.75) is 77.9 Å². The predicted octanol–water partition coefficient (Wildman–Crippen LogP) is 6.66. The minimum Gasteiger partial charge on any atom is -0.492 e. The number of rotatable bonds is 15. The molecule has 3 aliphatic rings. The van der Waals surface area contributed by atoms with E-state index in [4.69, 9.17) is 14.1 Å². The number of ether oxygens (including phenoxy) is 1. The normalized spacial score (nSPS) is 17.6. The Morgan fingerprint density at radius 2 is 1.69 bits per heavy atom. The number of aromatic nitrogens is 5. The molecule has 6 heterocycles. The van der Waals surface area contributed by atoms with Crippen LogP contribution in [0, 0.1) is 11.6 Å². The summed E-state index contributed by atoms with van der Waals surface area (Å²) in [5.41, 5.74) is 2.54. The van der Waals surface area contributed by atoms with E-state index in [9.17, 15) is 23.7 Å². The fraction of sp³-hybridized carbons (Fsp3) is 0.449. The van der Waals surface area contributed by atoms with Gasteiger partial charge < -0.3 is 34.2 Å². The second kappa shape index (κ2) is 20.6. The summed E-state index contributed by atoms with van der Waals surface area (Å²) in [6.45, 7) is 15.4. The van der Waals surface area contributed by atoms with Gasteiger partial charge >= 0.3 is 5.76 Å². The maximum atomic E-state index is 15.8. The molecule has 3 aliphatic heterocycles. The molecular weight excluding hydrogens is 1000 g/mol. The number of carbonyl (C=O) groups is 2. The van der Waals surface area contributed by atoms with Gasteiger partial charge in [-0.25, -0.2) is 23.2 Å². The van der Waals surface area contributed by atoms with E-state index in [-0.39, 0.29) is 35.9 Å². The quantitative estimate of drug-likeness (QED) is 0.0728. The van der Waals surface area contributed by atoms with Crippen molar-refractivity contribution < 1.29 is 32.1 Å². The standard InChI is InChI=1S/C49H57BrF2N11O7P/c1-6-28-23-36(56-48-53-27-33(50)45(58-48)55-35-10-9-30-32(44(35)71(4,5)68)26-54-62(7-2)47(30)66)40(69-8-3)25-38(28)61-17-13-29(14-18-61)60-21-19-59(20-22-60)16-15-31-34(51)24-39-43(42(31)52)70-49(67)63(39)37-11-12-41(64)57-46(37)65/h9-10,23-27,29,37H,6-8,11-22H2,1-5H3,(H,57,64,65)(H2,53,55,56,58). The van der Waals surface area contributed by atoms with Gasteiger partial charge in [-0.1, -0.05) is 6.92 Å². The molecule has 0 spiro atoms. The SMILES string of the molecule is CCOc1cc(N2CCC(N3CCN(CCc4c(F)cc5c(oc(=O)n5C5CCC(=O)NC5=O)c4F)CC3)CC2)c(CC)cc1Nc1ncc(Br)c(Nc2ccc3c(=O)n(CC)ncc3c2P(C)(C)=O)n1. The zero-order chi connectivity index (χ0) is 50.3. The number of nitrogens with zero attached hydrogens (tertiary/aromatic N) is 8. The van der Waals surface area contributed by atoms with Crippen LogP contribution in [0.15, 0.2) is 61.2 Å². The van der Waals surface area contributed by atoms with E-state index in [0.717, 1.165) is 80.4 Å². The molecule has 0 saturated carbocycles. The molecule has 1 atom stereocenters. The van der Waals surface area contributed by atoms with Crippen LogP contribution in [-0.4, -0.2) is 118 Å². The lowest BCUT2D eigenvalue weighted by Crippen LogP contribution is -2.53. The Hall–Kier alpha value is -6.02. The number of halogens is 3. The van der Waals surface area contributed by atoms with Gasteiger partial charge in [0.2, 0.25) is 17.8 Å². The number of oxazole rings is 1. The number of imide groups is 1. The average Bonchev–Trinajstić information content (AvgIpc) is 3.67. The van der Waals surface area contributed by atoms with Crippen LogP contribution in [0.25, 0.3) is 21.9 Å². The first kappa shape index (κ1) is 49.9. The molecule has 22 heteroatoms. The zero-order valence-corrected chi connectivity index (χ0v) is 42.8. The second-order valence-electron chi connectivity index (χ2n) is 18.5. The van der Waals surface area contributed by atoms with Crippen LogP contribution < -0.4 is 42.2 Å². The molecule has 1 unspecified atom stereocenters. The third-order valence-corrected chi connectivity index (χ3v) is 15.9. The summed E-state index contributed by atoms with van der Waals surface area (Å²) in [5, 5.41) is 14.7. The van der Waals surface area contributed by atoms with E-state index < -0.39 is 48.0 Å². The second-order valence-corrected chi connectivity index (χ2v) is 22.5. The van der Waals surface area contributed by atoms with E-state index in [0.29, 0.717) is 75.2 Å². The van der Waals surface area contributed by atoms with E-state index in [1.807, 2.05) is 13.8 Å². The number of carbonyl (C=O) groups excluding carboxylic acids is 2. The number of hydrogen-bond acceptors (Lipinski definition) is 15. The molecule has 376 valence electrons. The van der Waals surface area contributed by atoms with E-state index >= 15 is 8.78 Å². The lowest BCUT2D eigenvalue weighted by atomic mass is 9.99. The summed E-state index contributed by atoms with van der Waals surface area (Å²) in [6, 6.07) is 7.98. The van der Waals surface area contributed by atoms with Crippen molar-refractivity contribution in [2.75, 3.05) is 81.3 Å². The van der Waals surface area contributed by atoms with Gasteiger partial charge in [0.1, 0.15) is 30.6 Å². The molecule has 71 heavy (non-hydrogen) atoms. The lowest BCUT2D eigenvalue weighted by Gasteiger charge is -2.43. The maximum absolute atomic E-state index is 15.8. The summed E-state index contributed by atoms with van der Waals surface area (Å²) in [7, 11) is -2.93. The van der Waals surface area contributed by atoms with Crippen LogP contribution in [0.2, 0.25) is 0 Å². The van der Waals surface area contributed by atoms with Crippen LogP contribution >= 0.6 is 23.1 Å². The van der Waals surface area contributed by atoms with Crippen molar-refractivity contribution >= 4 is 90.9 Å². The molecule has 3 aromatic heterocycles. The molecule has 3 N–H and O–H groups in total. The molecule has 9 rings (SSSR count). The smallest absolute Gasteiger partial charge is 0.420 e. The van der Waals surface area contributed by atoms with Gasteiger partial charge in [0, 0.05) is 105 Å². The Kier molecular flexibility index (Phi) is 14.5. The number of fused-ring (bicyclic) bond motifs is 2. The van der Waals surface area contributed by atoms with Crippen molar-refractivity contribution in [3.05, 3.63) is 90.9 Å². The number of piperidine rings is 2. The van der Waals surface area contributed by atoms with Gasteiger partial charge in [0.15, 0.2) is 11.4 Å².